The van der Waals surface area contributed by atoms with Crippen LogP contribution in [-0.4, -0.2) is 32.3 Å². The fourth-order valence-corrected chi connectivity index (χ4v) is 3.87. The van der Waals surface area contributed by atoms with Gasteiger partial charge in [-0.1, -0.05) is 42.4 Å². The standard InChI is InChI=1S/C21H24N4O2/c1-4-17-14(2)22-25(15(17)3)13-20(26)24-11-10-19-18(12-24)21(23-27-19)16-8-6-5-7-9-16/h5-9H,4,10-13H2,1-3H3. The fourth-order valence-electron chi connectivity index (χ4n) is 3.87. The largest absolute Gasteiger partial charge is 0.360 e. The van der Waals surface area contributed by atoms with Crippen LogP contribution in [0.5, 0.6) is 0 Å². The molecule has 0 aliphatic carbocycles. The van der Waals surface area contributed by atoms with E-state index in [9.17, 15) is 4.79 Å². The highest BCUT2D eigenvalue weighted by Crippen LogP contribution is 2.30. The molecule has 140 valence electrons. The molecular formula is C21H24N4O2. The van der Waals surface area contributed by atoms with Crippen molar-refractivity contribution in [2.24, 2.45) is 0 Å². The molecule has 2 aromatic heterocycles. The molecule has 6 nitrogen and oxygen atoms in total. The van der Waals surface area contributed by atoms with Crippen LogP contribution in [0.25, 0.3) is 11.3 Å². The van der Waals surface area contributed by atoms with Gasteiger partial charge in [-0.25, -0.2) is 0 Å². The average molecular weight is 364 g/mol. The van der Waals surface area contributed by atoms with Crippen LogP contribution in [0.3, 0.4) is 0 Å². The number of aryl methyl sites for hydroxylation is 1. The molecule has 1 aliphatic rings. The van der Waals surface area contributed by atoms with Gasteiger partial charge in [-0.05, 0) is 25.8 Å². The van der Waals surface area contributed by atoms with E-state index in [2.05, 4.69) is 17.2 Å². The van der Waals surface area contributed by atoms with Gasteiger partial charge in [0.2, 0.25) is 5.91 Å². The predicted octanol–water partition coefficient (Wildman–Crippen LogP) is 3.30. The molecule has 0 saturated heterocycles. The summed E-state index contributed by atoms with van der Waals surface area (Å²) < 4.78 is 7.37. The van der Waals surface area contributed by atoms with Gasteiger partial charge in [0.25, 0.3) is 0 Å². The summed E-state index contributed by atoms with van der Waals surface area (Å²) in [6.07, 6.45) is 1.62. The Labute approximate surface area is 158 Å². The molecule has 27 heavy (non-hydrogen) atoms. The minimum atomic E-state index is 0.0779. The smallest absolute Gasteiger partial charge is 0.244 e. The lowest BCUT2D eigenvalue weighted by Crippen LogP contribution is -2.38. The van der Waals surface area contributed by atoms with Gasteiger partial charge in [0, 0.05) is 29.8 Å². The Bertz CT molecular complexity index is 972. The maximum Gasteiger partial charge on any atom is 0.244 e. The van der Waals surface area contributed by atoms with Crippen LogP contribution in [0, 0.1) is 13.8 Å². The molecular weight excluding hydrogens is 340 g/mol. The van der Waals surface area contributed by atoms with E-state index in [0.29, 0.717) is 19.5 Å². The molecule has 0 N–H and O–H groups in total. The van der Waals surface area contributed by atoms with Gasteiger partial charge in [-0.15, -0.1) is 0 Å². The van der Waals surface area contributed by atoms with Crippen molar-refractivity contribution < 1.29 is 9.32 Å². The molecule has 0 fully saturated rings. The third kappa shape index (κ3) is 3.16. The first-order valence-electron chi connectivity index (χ1n) is 9.42. The lowest BCUT2D eigenvalue weighted by atomic mass is 10.0. The van der Waals surface area contributed by atoms with Gasteiger partial charge in [0.15, 0.2) is 0 Å². The topological polar surface area (TPSA) is 64.2 Å². The highest BCUT2D eigenvalue weighted by molar-refractivity contribution is 5.77. The highest BCUT2D eigenvalue weighted by atomic mass is 16.5. The Kier molecular flexibility index (Phi) is 4.56. The van der Waals surface area contributed by atoms with Gasteiger partial charge in [0.1, 0.15) is 18.0 Å². The van der Waals surface area contributed by atoms with Crippen LogP contribution < -0.4 is 0 Å². The third-order valence-corrected chi connectivity index (χ3v) is 5.40. The molecule has 0 unspecified atom stereocenters. The Morgan fingerprint density at radius 2 is 2.00 bits per heavy atom. The molecule has 0 atom stereocenters. The zero-order chi connectivity index (χ0) is 19.0. The summed E-state index contributed by atoms with van der Waals surface area (Å²) in [6.45, 7) is 7.61. The summed E-state index contributed by atoms with van der Waals surface area (Å²) in [5.74, 6) is 0.964. The Morgan fingerprint density at radius 1 is 1.22 bits per heavy atom. The summed E-state index contributed by atoms with van der Waals surface area (Å²) in [5, 5.41) is 8.81. The summed E-state index contributed by atoms with van der Waals surface area (Å²) in [6, 6.07) is 9.97. The van der Waals surface area contributed by atoms with Gasteiger partial charge < -0.3 is 9.42 Å². The van der Waals surface area contributed by atoms with E-state index in [1.54, 1.807) is 0 Å². The van der Waals surface area contributed by atoms with Gasteiger partial charge in [-0.2, -0.15) is 5.10 Å². The first kappa shape index (κ1) is 17.5. The number of nitrogens with zero attached hydrogens (tertiary/aromatic N) is 4. The zero-order valence-electron chi connectivity index (χ0n) is 16.0. The van der Waals surface area contributed by atoms with Crippen molar-refractivity contribution in [3.63, 3.8) is 0 Å². The summed E-state index contributed by atoms with van der Waals surface area (Å²) in [7, 11) is 0. The van der Waals surface area contributed by atoms with Crippen molar-refractivity contribution in [2.45, 2.75) is 46.7 Å². The predicted molar refractivity (Wildman–Crippen MR) is 102 cm³/mol. The fraction of sp³-hybridized carbons (Fsp3) is 0.381. The number of hydrogen-bond acceptors (Lipinski definition) is 4. The van der Waals surface area contributed by atoms with E-state index in [-0.39, 0.29) is 12.5 Å². The van der Waals surface area contributed by atoms with E-state index in [4.69, 9.17) is 4.52 Å². The first-order valence-corrected chi connectivity index (χ1v) is 9.42. The van der Waals surface area contributed by atoms with E-state index in [1.807, 2.05) is 53.8 Å². The Morgan fingerprint density at radius 3 is 2.70 bits per heavy atom. The molecule has 4 rings (SSSR count). The number of amides is 1. The first-order chi connectivity index (χ1) is 13.1. The van der Waals surface area contributed by atoms with Crippen LogP contribution in [0.4, 0.5) is 0 Å². The minimum absolute atomic E-state index is 0.0779. The molecule has 0 radical (unpaired) electrons. The third-order valence-electron chi connectivity index (χ3n) is 5.40. The van der Waals surface area contributed by atoms with Crippen molar-refractivity contribution >= 4 is 5.91 Å². The average Bonchev–Trinajstić information content (AvgIpc) is 3.22. The van der Waals surface area contributed by atoms with Crippen molar-refractivity contribution in [2.75, 3.05) is 6.54 Å². The second-order valence-electron chi connectivity index (χ2n) is 7.02. The van der Waals surface area contributed by atoms with Crippen molar-refractivity contribution in [3.05, 3.63) is 58.6 Å². The number of benzene rings is 1. The number of fused-ring (bicyclic) bond motifs is 1. The van der Waals surface area contributed by atoms with Gasteiger partial charge in [0.05, 0.1) is 12.2 Å². The SMILES string of the molecule is CCc1c(C)nn(CC(=O)N2CCc3onc(-c4ccccc4)c3C2)c1C. The molecule has 0 saturated carbocycles. The zero-order valence-corrected chi connectivity index (χ0v) is 16.0. The van der Waals surface area contributed by atoms with Crippen molar-refractivity contribution in [3.8, 4) is 11.3 Å². The summed E-state index contributed by atoms with van der Waals surface area (Å²) >= 11 is 0. The number of hydrogen-bond donors (Lipinski definition) is 0. The number of carbonyl (C=O) groups excluding carboxylic acids is 1. The second-order valence-corrected chi connectivity index (χ2v) is 7.02. The van der Waals surface area contributed by atoms with E-state index in [1.165, 1.54) is 5.56 Å². The number of carbonyl (C=O) groups is 1. The maximum atomic E-state index is 12.9. The van der Waals surface area contributed by atoms with Crippen LogP contribution in [0.15, 0.2) is 34.9 Å². The highest BCUT2D eigenvalue weighted by Gasteiger charge is 2.28. The monoisotopic (exact) mass is 364 g/mol. The van der Waals surface area contributed by atoms with Crippen molar-refractivity contribution in [1.29, 1.82) is 0 Å². The molecule has 3 heterocycles. The van der Waals surface area contributed by atoms with Crippen LogP contribution in [-0.2, 0) is 30.7 Å². The molecule has 1 aromatic carbocycles. The summed E-state index contributed by atoms with van der Waals surface area (Å²) in [5.41, 5.74) is 6.19. The van der Waals surface area contributed by atoms with Crippen molar-refractivity contribution in [1.82, 2.24) is 19.8 Å². The Balaban J connectivity index is 1.54. The molecule has 1 aliphatic heterocycles. The molecule has 0 spiro atoms. The summed E-state index contributed by atoms with van der Waals surface area (Å²) in [4.78, 5) is 14.8. The lowest BCUT2D eigenvalue weighted by molar-refractivity contribution is -0.133. The maximum absolute atomic E-state index is 12.9. The van der Waals surface area contributed by atoms with Crippen LogP contribution >= 0.6 is 0 Å². The normalized spacial score (nSPS) is 13.7. The minimum Gasteiger partial charge on any atom is -0.360 e. The van der Waals surface area contributed by atoms with E-state index < -0.39 is 0 Å². The molecule has 1 amide bonds. The number of rotatable bonds is 4. The molecule has 3 aromatic rings. The Hall–Kier alpha value is -2.89. The number of aromatic nitrogens is 3. The lowest BCUT2D eigenvalue weighted by Gasteiger charge is -2.26. The van der Waals surface area contributed by atoms with Crippen LogP contribution in [0.2, 0.25) is 0 Å². The molecule has 0 bridgehead atoms. The second kappa shape index (κ2) is 7.02. The van der Waals surface area contributed by atoms with Crippen LogP contribution in [0.1, 0.15) is 35.2 Å². The van der Waals surface area contributed by atoms with E-state index in [0.717, 1.165) is 40.4 Å². The van der Waals surface area contributed by atoms with Gasteiger partial charge in [-0.3, -0.25) is 9.48 Å². The van der Waals surface area contributed by atoms with Gasteiger partial charge >= 0.3 is 0 Å². The van der Waals surface area contributed by atoms with E-state index >= 15 is 0 Å². The molecule has 6 heteroatoms. The quantitative estimate of drug-likeness (QED) is 0.712.